The van der Waals surface area contributed by atoms with Crippen molar-refractivity contribution in [2.75, 3.05) is 19.4 Å². The number of nitrogens with zero attached hydrogens (tertiary/aromatic N) is 1. The molecule has 0 aliphatic heterocycles. The zero-order chi connectivity index (χ0) is 18.1. The molecule has 1 aliphatic carbocycles. The first-order valence-electron chi connectivity index (χ1n) is 9.18. The summed E-state index contributed by atoms with van der Waals surface area (Å²) in [4.78, 5) is 4.68. The Kier molecular flexibility index (Phi) is 8.25. The van der Waals surface area contributed by atoms with Crippen LogP contribution in [0.25, 0.3) is 0 Å². The summed E-state index contributed by atoms with van der Waals surface area (Å²) in [6.07, 6.45) is 5.01. The molecule has 0 bridgehead atoms. The quantitative estimate of drug-likeness (QED) is 0.510. The predicted octanol–water partition coefficient (Wildman–Crippen LogP) is 3.52. The fraction of sp³-hybridized carbons (Fsp3) is 0.632. The van der Waals surface area contributed by atoms with Gasteiger partial charge in [-0.15, -0.1) is 0 Å². The van der Waals surface area contributed by atoms with Crippen LogP contribution in [0.5, 0.6) is 11.5 Å². The van der Waals surface area contributed by atoms with E-state index in [1.165, 1.54) is 31.4 Å². The summed E-state index contributed by atoms with van der Waals surface area (Å²) in [5.41, 5.74) is 0.957. The number of thioether (sulfide) groups is 1. The van der Waals surface area contributed by atoms with E-state index in [9.17, 15) is 5.11 Å². The van der Waals surface area contributed by atoms with Crippen LogP contribution < -0.4 is 15.4 Å². The van der Waals surface area contributed by atoms with Gasteiger partial charge in [0.25, 0.3) is 0 Å². The number of ether oxygens (including phenoxy) is 1. The Bertz CT molecular complexity index is 564. The number of nitrogens with one attached hydrogen (secondary N) is 2. The molecule has 1 aliphatic rings. The van der Waals surface area contributed by atoms with E-state index in [0.717, 1.165) is 23.3 Å². The van der Waals surface area contributed by atoms with Crippen LogP contribution >= 0.6 is 11.8 Å². The Morgan fingerprint density at radius 1 is 1.36 bits per heavy atom. The number of methoxy groups -OCH3 is 1. The van der Waals surface area contributed by atoms with E-state index in [4.69, 9.17) is 4.74 Å². The van der Waals surface area contributed by atoms with Gasteiger partial charge in [-0.3, -0.25) is 0 Å². The number of aromatic hydroxyl groups is 1. The van der Waals surface area contributed by atoms with Crippen LogP contribution in [0, 0.1) is 0 Å². The first-order chi connectivity index (χ1) is 12.2. The first-order valence-corrected chi connectivity index (χ1v) is 10.2. The van der Waals surface area contributed by atoms with E-state index >= 15 is 0 Å². The van der Waals surface area contributed by atoms with Gasteiger partial charge in [-0.2, -0.15) is 11.8 Å². The van der Waals surface area contributed by atoms with Gasteiger partial charge in [-0.05, 0) is 49.6 Å². The van der Waals surface area contributed by atoms with Gasteiger partial charge in [0.15, 0.2) is 17.5 Å². The van der Waals surface area contributed by atoms with E-state index in [1.807, 2.05) is 6.07 Å². The highest BCUT2D eigenvalue weighted by Gasteiger charge is 2.22. The van der Waals surface area contributed by atoms with Gasteiger partial charge < -0.3 is 20.5 Å². The Morgan fingerprint density at radius 3 is 2.88 bits per heavy atom. The molecule has 0 aromatic heterocycles. The van der Waals surface area contributed by atoms with Crippen molar-refractivity contribution < 1.29 is 9.84 Å². The van der Waals surface area contributed by atoms with Crippen LogP contribution in [0.15, 0.2) is 23.2 Å². The largest absolute Gasteiger partial charge is 0.504 e. The number of aliphatic imine (C=N–C) groups is 1. The fourth-order valence-corrected chi connectivity index (χ4v) is 4.35. The first kappa shape index (κ1) is 19.8. The van der Waals surface area contributed by atoms with Crippen LogP contribution in [0.3, 0.4) is 0 Å². The monoisotopic (exact) mass is 365 g/mol. The number of hydrogen-bond donors (Lipinski definition) is 3. The molecule has 0 heterocycles. The molecule has 6 heteroatoms. The maximum atomic E-state index is 9.89. The Balaban J connectivity index is 1.96. The lowest BCUT2D eigenvalue weighted by atomic mass is 9.95. The molecule has 2 atom stereocenters. The highest BCUT2D eigenvalue weighted by Crippen LogP contribution is 2.28. The molecular weight excluding hydrogens is 334 g/mol. The van der Waals surface area contributed by atoms with Crippen molar-refractivity contribution in [3.8, 4) is 11.5 Å². The maximum absolute atomic E-state index is 9.89. The second-order valence-electron chi connectivity index (χ2n) is 6.29. The van der Waals surface area contributed by atoms with Gasteiger partial charge in [0, 0.05) is 17.8 Å². The van der Waals surface area contributed by atoms with Crippen molar-refractivity contribution in [2.24, 2.45) is 4.99 Å². The molecule has 1 aromatic carbocycles. The minimum Gasteiger partial charge on any atom is -0.504 e. The van der Waals surface area contributed by atoms with Gasteiger partial charge in [0.05, 0.1) is 13.7 Å². The summed E-state index contributed by atoms with van der Waals surface area (Å²) < 4.78 is 5.08. The topological polar surface area (TPSA) is 65.9 Å². The van der Waals surface area contributed by atoms with Gasteiger partial charge >= 0.3 is 0 Å². The standard InChI is InChI=1S/C19H31N3O2S/c1-4-20-19(22-15-7-6-8-16(12-15)25-5-2)21-13-14-9-10-18(24-3)17(23)11-14/h9-11,15-16,23H,4-8,12-13H2,1-3H3,(H2,20,21,22). The summed E-state index contributed by atoms with van der Waals surface area (Å²) >= 11 is 2.07. The Hall–Kier alpha value is -1.56. The van der Waals surface area contributed by atoms with Crippen LogP contribution in [0.2, 0.25) is 0 Å². The average molecular weight is 366 g/mol. The third-order valence-corrected chi connectivity index (χ3v) is 5.61. The zero-order valence-corrected chi connectivity index (χ0v) is 16.4. The van der Waals surface area contributed by atoms with Crippen LogP contribution in [0.1, 0.15) is 45.1 Å². The van der Waals surface area contributed by atoms with E-state index in [1.54, 1.807) is 19.2 Å². The number of phenolic OH excluding ortho intramolecular Hbond substituents is 1. The lowest BCUT2D eigenvalue weighted by Gasteiger charge is -2.30. The molecule has 3 N–H and O–H groups in total. The second kappa shape index (κ2) is 10.4. The third kappa shape index (κ3) is 6.34. The van der Waals surface area contributed by atoms with E-state index in [2.05, 4.69) is 41.2 Å². The van der Waals surface area contributed by atoms with Crippen LogP contribution in [-0.2, 0) is 6.54 Å². The maximum Gasteiger partial charge on any atom is 0.191 e. The molecular formula is C19H31N3O2S. The summed E-state index contributed by atoms with van der Waals surface area (Å²) in [5, 5.41) is 17.6. The number of hydrogen-bond acceptors (Lipinski definition) is 4. The molecule has 0 radical (unpaired) electrons. The molecule has 2 rings (SSSR count). The second-order valence-corrected chi connectivity index (χ2v) is 7.86. The van der Waals surface area contributed by atoms with Crippen molar-refractivity contribution >= 4 is 17.7 Å². The summed E-state index contributed by atoms with van der Waals surface area (Å²) in [6, 6.07) is 5.90. The van der Waals surface area contributed by atoms with Crippen molar-refractivity contribution in [1.82, 2.24) is 10.6 Å². The van der Waals surface area contributed by atoms with E-state index in [-0.39, 0.29) is 5.75 Å². The van der Waals surface area contributed by atoms with Crippen molar-refractivity contribution in [3.05, 3.63) is 23.8 Å². The SMILES string of the molecule is CCNC(=NCc1ccc(OC)c(O)c1)NC1CCCC(SCC)C1. The lowest BCUT2D eigenvalue weighted by Crippen LogP contribution is -2.45. The molecule has 5 nitrogen and oxygen atoms in total. The predicted molar refractivity (Wildman–Crippen MR) is 107 cm³/mol. The number of guanidine groups is 1. The smallest absolute Gasteiger partial charge is 0.191 e. The summed E-state index contributed by atoms with van der Waals surface area (Å²) in [5.74, 6) is 2.68. The molecule has 2 unspecified atom stereocenters. The average Bonchev–Trinajstić information content (AvgIpc) is 2.61. The molecule has 1 saturated carbocycles. The van der Waals surface area contributed by atoms with Crippen LogP contribution in [0.4, 0.5) is 0 Å². The van der Waals surface area contributed by atoms with Gasteiger partial charge in [-0.25, -0.2) is 4.99 Å². The molecule has 1 fully saturated rings. The highest BCUT2D eigenvalue weighted by molar-refractivity contribution is 7.99. The van der Waals surface area contributed by atoms with Gasteiger partial charge in [0.2, 0.25) is 0 Å². The highest BCUT2D eigenvalue weighted by atomic mass is 32.2. The number of phenols is 1. The van der Waals surface area contributed by atoms with E-state index < -0.39 is 0 Å². The van der Waals surface area contributed by atoms with Crippen molar-refractivity contribution in [3.63, 3.8) is 0 Å². The Morgan fingerprint density at radius 2 is 2.20 bits per heavy atom. The molecule has 0 amide bonds. The van der Waals surface area contributed by atoms with Gasteiger partial charge in [-0.1, -0.05) is 19.4 Å². The summed E-state index contributed by atoms with van der Waals surface area (Å²) in [7, 11) is 1.55. The molecule has 140 valence electrons. The summed E-state index contributed by atoms with van der Waals surface area (Å²) in [6.45, 7) is 5.66. The van der Waals surface area contributed by atoms with Gasteiger partial charge in [0.1, 0.15) is 0 Å². The molecule has 1 aromatic rings. The number of benzene rings is 1. The number of rotatable bonds is 7. The zero-order valence-electron chi connectivity index (χ0n) is 15.5. The van der Waals surface area contributed by atoms with Crippen molar-refractivity contribution in [2.45, 2.75) is 57.4 Å². The lowest BCUT2D eigenvalue weighted by molar-refractivity contribution is 0.373. The van der Waals surface area contributed by atoms with Crippen LogP contribution in [-0.4, -0.2) is 41.8 Å². The third-order valence-electron chi connectivity index (χ3n) is 4.38. The molecule has 0 spiro atoms. The molecule has 25 heavy (non-hydrogen) atoms. The minimum atomic E-state index is 0.153. The normalized spacial score (nSPS) is 21.0. The fourth-order valence-electron chi connectivity index (χ4n) is 3.18. The van der Waals surface area contributed by atoms with Crippen molar-refractivity contribution in [1.29, 1.82) is 0 Å². The molecule has 0 saturated heterocycles. The minimum absolute atomic E-state index is 0.153. The Labute approximate surface area is 155 Å². The van der Waals surface area contributed by atoms with E-state index in [0.29, 0.717) is 18.3 Å².